The van der Waals surface area contributed by atoms with Gasteiger partial charge in [-0.05, 0) is 29.8 Å². The van der Waals surface area contributed by atoms with Gasteiger partial charge in [-0.15, -0.1) is 11.6 Å². The van der Waals surface area contributed by atoms with Crippen LogP contribution in [0, 0.1) is 5.82 Å². The maximum atomic E-state index is 13.5. The van der Waals surface area contributed by atoms with Crippen molar-refractivity contribution in [3.63, 3.8) is 0 Å². The monoisotopic (exact) mass is 315 g/mol. The van der Waals surface area contributed by atoms with Crippen molar-refractivity contribution in [3.05, 3.63) is 52.5 Å². The largest absolute Gasteiger partial charge is 0.453 e. The van der Waals surface area contributed by atoms with E-state index in [4.69, 9.17) is 16.3 Å². The van der Waals surface area contributed by atoms with Crippen molar-refractivity contribution in [1.29, 1.82) is 0 Å². The number of benzene rings is 1. The first-order chi connectivity index (χ1) is 8.19. The first kappa shape index (κ1) is 12.3. The van der Waals surface area contributed by atoms with E-state index in [1.165, 1.54) is 12.3 Å². The Kier molecular flexibility index (Phi) is 3.97. The van der Waals surface area contributed by atoms with Gasteiger partial charge in [0.2, 0.25) is 0 Å². The Morgan fingerprint density at radius 3 is 2.82 bits per heavy atom. The molecule has 0 N–H and O–H groups in total. The Balaban J connectivity index is 2.25. The van der Waals surface area contributed by atoms with Crippen LogP contribution in [-0.4, -0.2) is 4.98 Å². The van der Waals surface area contributed by atoms with Crippen LogP contribution in [0.15, 0.2) is 41.1 Å². The number of pyridine rings is 1. The number of halogens is 3. The lowest BCUT2D eigenvalue weighted by Crippen LogP contribution is -1.90. The van der Waals surface area contributed by atoms with Crippen molar-refractivity contribution < 1.29 is 9.13 Å². The van der Waals surface area contributed by atoms with Crippen LogP contribution < -0.4 is 4.74 Å². The van der Waals surface area contributed by atoms with Crippen LogP contribution in [0.3, 0.4) is 0 Å². The van der Waals surface area contributed by atoms with Crippen molar-refractivity contribution >= 4 is 27.5 Å². The maximum absolute atomic E-state index is 13.5. The van der Waals surface area contributed by atoms with E-state index in [1.807, 2.05) is 0 Å². The van der Waals surface area contributed by atoms with Crippen LogP contribution in [0.1, 0.15) is 5.56 Å². The summed E-state index contributed by atoms with van der Waals surface area (Å²) >= 11 is 8.86. The molecular formula is C12H8BrClFNO. The van der Waals surface area contributed by atoms with E-state index in [2.05, 4.69) is 20.9 Å². The van der Waals surface area contributed by atoms with Gasteiger partial charge in [0.1, 0.15) is 5.75 Å². The van der Waals surface area contributed by atoms with Gasteiger partial charge in [-0.1, -0.05) is 15.9 Å². The number of alkyl halides is 1. The molecule has 0 unspecified atom stereocenters. The standard InChI is InChI=1S/C12H8BrClFNO/c13-9-1-2-12(11(15)4-9)17-10-3-8(5-14)6-16-7-10/h1-4,6-7H,5H2. The summed E-state index contributed by atoms with van der Waals surface area (Å²) in [6.07, 6.45) is 3.15. The summed E-state index contributed by atoms with van der Waals surface area (Å²) in [6.45, 7) is 0. The zero-order valence-electron chi connectivity index (χ0n) is 8.66. The molecule has 0 spiro atoms. The summed E-state index contributed by atoms with van der Waals surface area (Å²) < 4.78 is 19.6. The van der Waals surface area contributed by atoms with Crippen LogP contribution in [0.4, 0.5) is 4.39 Å². The summed E-state index contributed by atoms with van der Waals surface area (Å²) in [5.74, 6) is 0.522. The zero-order valence-corrected chi connectivity index (χ0v) is 11.0. The first-order valence-electron chi connectivity index (χ1n) is 4.82. The molecule has 0 radical (unpaired) electrons. The van der Waals surface area contributed by atoms with Crippen molar-refractivity contribution in [3.8, 4) is 11.5 Å². The molecule has 17 heavy (non-hydrogen) atoms. The van der Waals surface area contributed by atoms with Crippen molar-refractivity contribution in [2.24, 2.45) is 0 Å². The van der Waals surface area contributed by atoms with E-state index in [1.54, 1.807) is 24.4 Å². The highest BCUT2D eigenvalue weighted by atomic mass is 79.9. The van der Waals surface area contributed by atoms with E-state index < -0.39 is 5.82 Å². The van der Waals surface area contributed by atoms with Gasteiger partial charge in [0.05, 0.1) is 6.20 Å². The minimum atomic E-state index is -0.435. The minimum Gasteiger partial charge on any atom is -0.453 e. The lowest BCUT2D eigenvalue weighted by atomic mass is 10.3. The highest BCUT2D eigenvalue weighted by Gasteiger charge is 2.06. The number of rotatable bonds is 3. The summed E-state index contributed by atoms with van der Waals surface area (Å²) in [5, 5.41) is 0. The van der Waals surface area contributed by atoms with Crippen LogP contribution in [0.2, 0.25) is 0 Å². The second-order valence-electron chi connectivity index (χ2n) is 3.34. The van der Waals surface area contributed by atoms with Crippen molar-refractivity contribution in [1.82, 2.24) is 4.98 Å². The molecule has 5 heteroatoms. The molecule has 2 nitrogen and oxygen atoms in total. The van der Waals surface area contributed by atoms with Crippen molar-refractivity contribution in [2.75, 3.05) is 0 Å². The third-order valence-electron chi connectivity index (χ3n) is 2.05. The zero-order chi connectivity index (χ0) is 12.3. The van der Waals surface area contributed by atoms with Gasteiger partial charge in [-0.2, -0.15) is 0 Å². The lowest BCUT2D eigenvalue weighted by molar-refractivity contribution is 0.440. The Bertz CT molecular complexity index is 536. The molecule has 0 fully saturated rings. The number of aromatic nitrogens is 1. The van der Waals surface area contributed by atoms with Gasteiger partial charge in [-0.3, -0.25) is 4.98 Å². The molecule has 0 bridgehead atoms. The lowest BCUT2D eigenvalue weighted by Gasteiger charge is -2.07. The predicted octanol–water partition coefficient (Wildman–Crippen LogP) is 4.51. The third-order valence-corrected chi connectivity index (χ3v) is 2.85. The van der Waals surface area contributed by atoms with Gasteiger partial charge in [0, 0.05) is 16.5 Å². The molecule has 0 saturated carbocycles. The molecule has 1 aromatic carbocycles. The molecule has 0 aliphatic heterocycles. The topological polar surface area (TPSA) is 22.1 Å². The number of nitrogens with zero attached hydrogens (tertiary/aromatic N) is 1. The Morgan fingerprint density at radius 2 is 2.12 bits per heavy atom. The average Bonchev–Trinajstić information content (AvgIpc) is 2.33. The SMILES string of the molecule is Fc1cc(Br)ccc1Oc1cncc(CCl)c1. The normalized spacial score (nSPS) is 10.3. The third kappa shape index (κ3) is 3.17. The molecule has 0 atom stereocenters. The summed E-state index contributed by atoms with van der Waals surface area (Å²) in [5.41, 5.74) is 0.821. The highest BCUT2D eigenvalue weighted by Crippen LogP contribution is 2.26. The second-order valence-corrected chi connectivity index (χ2v) is 4.52. The molecule has 2 rings (SSSR count). The van der Waals surface area contributed by atoms with Crippen molar-refractivity contribution in [2.45, 2.75) is 5.88 Å². The molecule has 0 amide bonds. The fraction of sp³-hybridized carbons (Fsp3) is 0.0833. The fourth-order valence-electron chi connectivity index (χ4n) is 1.28. The molecule has 0 aliphatic rings. The maximum Gasteiger partial charge on any atom is 0.166 e. The molecule has 1 heterocycles. The molecule has 1 aromatic heterocycles. The van der Waals surface area contributed by atoms with Gasteiger partial charge in [0.15, 0.2) is 11.6 Å². The van der Waals surface area contributed by atoms with E-state index in [9.17, 15) is 4.39 Å². The summed E-state index contributed by atoms with van der Waals surface area (Å²) in [6, 6.07) is 6.32. The second kappa shape index (κ2) is 5.47. The molecule has 0 saturated heterocycles. The van der Waals surface area contributed by atoms with Crippen LogP contribution in [0.5, 0.6) is 11.5 Å². The molecular weight excluding hydrogens is 308 g/mol. The van der Waals surface area contributed by atoms with E-state index >= 15 is 0 Å². The quantitative estimate of drug-likeness (QED) is 0.777. The highest BCUT2D eigenvalue weighted by molar-refractivity contribution is 9.10. The fourth-order valence-corrected chi connectivity index (χ4v) is 1.76. The predicted molar refractivity (Wildman–Crippen MR) is 68.0 cm³/mol. The molecule has 88 valence electrons. The smallest absolute Gasteiger partial charge is 0.166 e. The van der Waals surface area contributed by atoms with Gasteiger partial charge >= 0.3 is 0 Å². The number of hydrogen-bond donors (Lipinski definition) is 0. The van der Waals surface area contributed by atoms with Crippen LogP contribution in [-0.2, 0) is 5.88 Å². The van der Waals surface area contributed by atoms with Gasteiger partial charge < -0.3 is 4.74 Å². The first-order valence-corrected chi connectivity index (χ1v) is 6.14. The van der Waals surface area contributed by atoms with E-state index in [0.717, 1.165) is 5.56 Å². The van der Waals surface area contributed by atoms with Gasteiger partial charge in [0.25, 0.3) is 0 Å². The Hall–Kier alpha value is -1.13. The average molecular weight is 317 g/mol. The minimum absolute atomic E-state index is 0.154. The van der Waals surface area contributed by atoms with Gasteiger partial charge in [-0.25, -0.2) is 4.39 Å². The molecule has 0 aliphatic carbocycles. The Labute approximate surface area is 112 Å². The number of ether oxygens (including phenoxy) is 1. The van der Waals surface area contributed by atoms with E-state index in [0.29, 0.717) is 16.1 Å². The molecule has 2 aromatic rings. The van der Waals surface area contributed by atoms with E-state index in [-0.39, 0.29) is 5.75 Å². The number of hydrogen-bond acceptors (Lipinski definition) is 2. The van der Waals surface area contributed by atoms with Crippen LogP contribution in [0.25, 0.3) is 0 Å². The summed E-state index contributed by atoms with van der Waals surface area (Å²) in [7, 11) is 0. The van der Waals surface area contributed by atoms with Crippen LogP contribution >= 0.6 is 27.5 Å². The Morgan fingerprint density at radius 1 is 1.29 bits per heavy atom. The summed E-state index contributed by atoms with van der Waals surface area (Å²) in [4.78, 5) is 3.96.